The van der Waals surface area contributed by atoms with E-state index in [1.165, 1.54) is 4.90 Å². The lowest BCUT2D eigenvalue weighted by molar-refractivity contribution is -0.917. The zero-order valence-electron chi connectivity index (χ0n) is 17.3. The third-order valence-corrected chi connectivity index (χ3v) is 5.18. The van der Waals surface area contributed by atoms with Crippen LogP contribution in [0.3, 0.4) is 0 Å². The molecule has 1 amide bonds. The van der Waals surface area contributed by atoms with E-state index in [0.717, 1.165) is 55.5 Å². The fraction of sp³-hybridized carbons (Fsp3) is 0.409. The minimum atomic E-state index is 0.0156. The Morgan fingerprint density at radius 3 is 2.14 bits per heavy atom. The molecule has 0 atom stereocenters. The summed E-state index contributed by atoms with van der Waals surface area (Å²) in [6, 6.07) is 13.1. The summed E-state index contributed by atoms with van der Waals surface area (Å²) in [4.78, 5) is 15.8. The maximum absolute atomic E-state index is 12.5. The smallest absolute Gasteiger partial charge is 0.260 e. The first-order valence-electron chi connectivity index (χ1n) is 9.72. The number of rotatable bonds is 8. The fourth-order valence-corrected chi connectivity index (χ4v) is 3.42. The Morgan fingerprint density at radius 1 is 0.897 bits per heavy atom. The number of piperazine rings is 1. The summed E-state index contributed by atoms with van der Waals surface area (Å²) in [6.07, 6.45) is 0. The van der Waals surface area contributed by atoms with Crippen molar-refractivity contribution < 1.29 is 28.6 Å². The van der Waals surface area contributed by atoms with Crippen LogP contribution in [0.5, 0.6) is 23.0 Å². The van der Waals surface area contributed by atoms with E-state index in [1.54, 1.807) is 33.5 Å². The van der Waals surface area contributed by atoms with Crippen molar-refractivity contribution in [2.45, 2.75) is 6.54 Å². The number of carbonyl (C=O) groups is 1. The monoisotopic (exact) mass is 401 g/mol. The van der Waals surface area contributed by atoms with Gasteiger partial charge in [-0.1, -0.05) is 0 Å². The number of nitrogens with one attached hydrogen (secondary N) is 1. The molecule has 1 N–H and O–H groups in total. The molecular formula is C22H29N2O5+. The van der Waals surface area contributed by atoms with Gasteiger partial charge >= 0.3 is 0 Å². The first-order chi connectivity index (χ1) is 14.1. The van der Waals surface area contributed by atoms with Gasteiger partial charge in [0.2, 0.25) is 0 Å². The van der Waals surface area contributed by atoms with Gasteiger partial charge in [0.1, 0.15) is 29.5 Å². The molecule has 7 heteroatoms. The summed E-state index contributed by atoms with van der Waals surface area (Å²) >= 11 is 0. The zero-order valence-corrected chi connectivity index (χ0v) is 17.3. The van der Waals surface area contributed by atoms with Crippen molar-refractivity contribution >= 4 is 5.91 Å². The van der Waals surface area contributed by atoms with Crippen LogP contribution in [0.15, 0.2) is 42.5 Å². The van der Waals surface area contributed by atoms with E-state index in [0.29, 0.717) is 5.75 Å². The molecule has 0 saturated carbocycles. The molecule has 29 heavy (non-hydrogen) atoms. The highest BCUT2D eigenvalue weighted by Gasteiger charge is 2.25. The van der Waals surface area contributed by atoms with Crippen LogP contribution in [0.4, 0.5) is 0 Å². The first-order valence-corrected chi connectivity index (χ1v) is 9.72. The summed E-state index contributed by atoms with van der Waals surface area (Å²) in [7, 11) is 4.94. The van der Waals surface area contributed by atoms with E-state index in [1.807, 2.05) is 35.2 Å². The molecule has 2 aromatic carbocycles. The van der Waals surface area contributed by atoms with Crippen LogP contribution in [0.2, 0.25) is 0 Å². The van der Waals surface area contributed by atoms with Gasteiger partial charge in [0.25, 0.3) is 5.91 Å². The van der Waals surface area contributed by atoms with Gasteiger partial charge in [0.05, 0.1) is 47.5 Å². The molecule has 1 aliphatic heterocycles. The van der Waals surface area contributed by atoms with Crippen LogP contribution in [0.25, 0.3) is 0 Å². The Bertz CT molecular complexity index is 801. The first kappa shape index (κ1) is 20.8. The van der Waals surface area contributed by atoms with Crippen LogP contribution in [-0.4, -0.2) is 64.9 Å². The highest BCUT2D eigenvalue weighted by atomic mass is 16.5. The molecule has 1 aliphatic rings. The largest absolute Gasteiger partial charge is 0.497 e. The number of benzene rings is 2. The van der Waals surface area contributed by atoms with E-state index in [4.69, 9.17) is 18.9 Å². The number of hydrogen-bond acceptors (Lipinski definition) is 5. The molecule has 0 spiro atoms. The van der Waals surface area contributed by atoms with Gasteiger partial charge < -0.3 is 28.7 Å². The Morgan fingerprint density at radius 2 is 1.52 bits per heavy atom. The van der Waals surface area contributed by atoms with Gasteiger partial charge in [-0.15, -0.1) is 0 Å². The van der Waals surface area contributed by atoms with Gasteiger partial charge in [-0.2, -0.15) is 0 Å². The molecule has 3 rings (SSSR count). The van der Waals surface area contributed by atoms with Crippen molar-refractivity contribution in [3.63, 3.8) is 0 Å². The maximum Gasteiger partial charge on any atom is 0.260 e. The van der Waals surface area contributed by atoms with Crippen molar-refractivity contribution in [2.75, 3.05) is 54.1 Å². The molecule has 0 aromatic heterocycles. The second-order valence-corrected chi connectivity index (χ2v) is 6.95. The van der Waals surface area contributed by atoms with E-state index in [2.05, 4.69) is 0 Å². The predicted octanol–water partition coefficient (Wildman–Crippen LogP) is 1.02. The summed E-state index contributed by atoms with van der Waals surface area (Å²) in [5.41, 5.74) is 1.14. The third kappa shape index (κ3) is 5.54. The summed E-state index contributed by atoms with van der Waals surface area (Å²) in [5.74, 6) is 3.06. The quantitative estimate of drug-likeness (QED) is 0.716. The Hall–Kier alpha value is -2.93. The maximum atomic E-state index is 12.5. The molecule has 1 saturated heterocycles. The SMILES string of the molecule is COc1ccc(OCC(=O)N2CC[NH+](Cc3ccc(OC)cc3OC)CC2)cc1. The highest BCUT2D eigenvalue weighted by molar-refractivity contribution is 5.77. The number of carbonyl (C=O) groups excluding carboxylic acids is 1. The van der Waals surface area contributed by atoms with Crippen LogP contribution in [0, 0.1) is 0 Å². The van der Waals surface area contributed by atoms with Gasteiger partial charge in [-0.3, -0.25) is 4.79 Å². The lowest BCUT2D eigenvalue weighted by Crippen LogP contribution is -3.13. The topological polar surface area (TPSA) is 61.7 Å². The number of ether oxygens (including phenoxy) is 4. The average Bonchev–Trinajstić information content (AvgIpc) is 2.78. The fourth-order valence-electron chi connectivity index (χ4n) is 3.42. The molecule has 0 bridgehead atoms. The van der Waals surface area contributed by atoms with Crippen LogP contribution in [-0.2, 0) is 11.3 Å². The van der Waals surface area contributed by atoms with Gasteiger partial charge in [0.15, 0.2) is 6.61 Å². The van der Waals surface area contributed by atoms with Crippen LogP contribution < -0.4 is 23.8 Å². The second-order valence-electron chi connectivity index (χ2n) is 6.95. The number of quaternary nitrogens is 1. The van der Waals surface area contributed by atoms with Gasteiger partial charge in [-0.25, -0.2) is 0 Å². The number of amides is 1. The summed E-state index contributed by atoms with van der Waals surface area (Å²) in [6.45, 7) is 4.13. The molecule has 1 heterocycles. The van der Waals surface area contributed by atoms with Crippen molar-refractivity contribution in [2.24, 2.45) is 0 Å². The van der Waals surface area contributed by atoms with Gasteiger partial charge in [0, 0.05) is 11.6 Å². The Labute approximate surface area is 171 Å². The molecule has 2 aromatic rings. The van der Waals surface area contributed by atoms with Crippen molar-refractivity contribution in [3.05, 3.63) is 48.0 Å². The Balaban J connectivity index is 1.46. The number of nitrogens with zero attached hydrogens (tertiary/aromatic N) is 1. The molecule has 0 radical (unpaired) electrons. The molecule has 7 nitrogen and oxygen atoms in total. The van der Waals surface area contributed by atoms with E-state index in [-0.39, 0.29) is 12.5 Å². The Kier molecular flexibility index (Phi) is 7.19. The molecule has 0 unspecified atom stereocenters. The van der Waals surface area contributed by atoms with Crippen LogP contribution >= 0.6 is 0 Å². The van der Waals surface area contributed by atoms with Gasteiger partial charge in [-0.05, 0) is 36.4 Å². The van der Waals surface area contributed by atoms with E-state index in [9.17, 15) is 4.79 Å². The van der Waals surface area contributed by atoms with E-state index < -0.39 is 0 Å². The lowest BCUT2D eigenvalue weighted by atomic mass is 10.1. The van der Waals surface area contributed by atoms with Crippen LogP contribution in [0.1, 0.15) is 5.56 Å². The predicted molar refractivity (Wildman–Crippen MR) is 109 cm³/mol. The van der Waals surface area contributed by atoms with E-state index >= 15 is 0 Å². The molecule has 156 valence electrons. The highest BCUT2D eigenvalue weighted by Crippen LogP contribution is 2.24. The minimum Gasteiger partial charge on any atom is -0.497 e. The van der Waals surface area contributed by atoms with Crippen molar-refractivity contribution in [1.82, 2.24) is 4.90 Å². The second kappa shape index (κ2) is 10.0. The minimum absolute atomic E-state index is 0.0156. The number of methoxy groups -OCH3 is 3. The van der Waals surface area contributed by atoms with Crippen molar-refractivity contribution in [1.29, 1.82) is 0 Å². The number of hydrogen-bond donors (Lipinski definition) is 1. The third-order valence-electron chi connectivity index (χ3n) is 5.18. The lowest BCUT2D eigenvalue weighted by Gasteiger charge is -2.32. The standard InChI is InChI=1S/C22H28N2O5/c1-26-18-6-8-19(9-7-18)29-16-22(25)24-12-10-23(11-13-24)15-17-4-5-20(27-2)14-21(17)28-3/h4-9,14H,10-13,15-16H2,1-3H3/p+1. The molecular weight excluding hydrogens is 372 g/mol. The molecule has 0 aliphatic carbocycles. The summed E-state index contributed by atoms with van der Waals surface area (Å²) < 4.78 is 21.5. The average molecular weight is 401 g/mol. The summed E-state index contributed by atoms with van der Waals surface area (Å²) in [5, 5.41) is 0. The zero-order chi connectivity index (χ0) is 20.6. The molecule has 1 fully saturated rings. The van der Waals surface area contributed by atoms with Crippen molar-refractivity contribution in [3.8, 4) is 23.0 Å². The normalized spacial score (nSPS) is 14.4.